The molecule has 3 aromatic rings. The van der Waals surface area contributed by atoms with E-state index in [1.165, 1.54) is 0 Å². The largest absolute Gasteiger partial charge is 0.493 e. The molecule has 0 amide bonds. The predicted octanol–water partition coefficient (Wildman–Crippen LogP) is 3.78. The summed E-state index contributed by atoms with van der Waals surface area (Å²) >= 11 is 5.30. The van der Waals surface area contributed by atoms with Crippen LogP contribution in [0.25, 0.3) is 10.8 Å². The van der Waals surface area contributed by atoms with Crippen LogP contribution in [0.15, 0.2) is 36.5 Å². The first-order valence-electron chi connectivity index (χ1n) is 9.27. The Kier molecular flexibility index (Phi) is 6.79. The van der Waals surface area contributed by atoms with Gasteiger partial charge in [-0.05, 0) is 47.4 Å². The highest BCUT2D eigenvalue weighted by atomic mass is 32.1. The summed E-state index contributed by atoms with van der Waals surface area (Å²) in [4.78, 5) is 4.63. The average molecular weight is 428 g/mol. The van der Waals surface area contributed by atoms with Gasteiger partial charge in [-0.15, -0.1) is 0 Å². The van der Waals surface area contributed by atoms with Crippen molar-refractivity contribution in [1.82, 2.24) is 10.3 Å². The molecule has 2 aromatic carbocycles. The van der Waals surface area contributed by atoms with Gasteiger partial charge in [0.2, 0.25) is 0 Å². The minimum absolute atomic E-state index is 0.501. The first-order chi connectivity index (χ1) is 14.5. The first-order valence-corrected chi connectivity index (χ1v) is 9.68. The highest BCUT2D eigenvalue weighted by molar-refractivity contribution is 7.80. The molecule has 0 aliphatic carbocycles. The third-order valence-corrected chi connectivity index (χ3v) is 5.10. The van der Waals surface area contributed by atoms with Gasteiger partial charge < -0.3 is 29.6 Å². The molecule has 0 radical (unpaired) electrons. The van der Waals surface area contributed by atoms with E-state index < -0.39 is 0 Å². The second-order valence-electron chi connectivity index (χ2n) is 6.43. The minimum atomic E-state index is 0.501. The van der Waals surface area contributed by atoms with Crippen molar-refractivity contribution in [2.45, 2.75) is 6.42 Å². The van der Waals surface area contributed by atoms with Gasteiger partial charge >= 0.3 is 0 Å². The molecule has 0 aliphatic heterocycles. The number of ether oxygens (including phenoxy) is 4. The van der Waals surface area contributed by atoms with E-state index in [2.05, 4.69) is 15.6 Å². The van der Waals surface area contributed by atoms with Gasteiger partial charge in [0.05, 0.1) is 34.1 Å². The molecule has 30 heavy (non-hydrogen) atoms. The number of thiocarbonyl (C=S) groups is 1. The molecule has 8 heteroatoms. The van der Waals surface area contributed by atoms with Crippen LogP contribution >= 0.6 is 12.2 Å². The van der Waals surface area contributed by atoms with E-state index in [1.54, 1.807) is 41.7 Å². The van der Waals surface area contributed by atoms with Gasteiger partial charge in [-0.2, -0.15) is 0 Å². The fraction of sp³-hybridized carbons (Fsp3) is 0.273. The van der Waals surface area contributed by atoms with E-state index >= 15 is 0 Å². The Morgan fingerprint density at radius 2 is 1.50 bits per heavy atom. The van der Waals surface area contributed by atoms with Crippen LogP contribution in [0.4, 0.5) is 5.69 Å². The van der Waals surface area contributed by atoms with Crippen molar-refractivity contribution in [3.63, 3.8) is 0 Å². The van der Waals surface area contributed by atoms with E-state index in [-0.39, 0.29) is 0 Å². The molecule has 1 aromatic heterocycles. The molecule has 0 unspecified atom stereocenters. The Morgan fingerprint density at radius 1 is 0.900 bits per heavy atom. The molecule has 7 nitrogen and oxygen atoms in total. The van der Waals surface area contributed by atoms with Crippen molar-refractivity contribution < 1.29 is 18.9 Å². The van der Waals surface area contributed by atoms with Crippen LogP contribution < -0.4 is 29.6 Å². The lowest BCUT2D eigenvalue weighted by Crippen LogP contribution is -2.24. The van der Waals surface area contributed by atoms with Gasteiger partial charge in [-0.1, -0.05) is 0 Å². The number of hydrogen-bond acceptors (Lipinski definition) is 6. The lowest BCUT2D eigenvalue weighted by atomic mass is 10.0. The number of anilines is 1. The third-order valence-electron chi connectivity index (χ3n) is 4.79. The standard InChI is InChI=1S/C22H25N3O4S/c1-23-22(30)25-16-12-21(29-5)19(27-3)10-14(16)8-17-15-11-20(28-4)18(26-2)9-13(15)6-7-24-17/h6-7,9-12H,8H2,1-5H3,(H2,23,25,30). The normalized spacial score (nSPS) is 10.4. The summed E-state index contributed by atoms with van der Waals surface area (Å²) in [6.07, 6.45) is 2.33. The number of nitrogens with zero attached hydrogens (tertiary/aromatic N) is 1. The molecule has 0 saturated carbocycles. The topological polar surface area (TPSA) is 73.9 Å². The molecular weight excluding hydrogens is 402 g/mol. The highest BCUT2D eigenvalue weighted by Gasteiger charge is 2.16. The quantitative estimate of drug-likeness (QED) is 0.552. The lowest BCUT2D eigenvalue weighted by molar-refractivity contribution is 0.355. The maximum absolute atomic E-state index is 5.50. The third kappa shape index (κ3) is 4.33. The molecule has 0 saturated heterocycles. The van der Waals surface area contributed by atoms with Crippen molar-refractivity contribution in [3.05, 3.63) is 47.8 Å². The fourth-order valence-corrected chi connectivity index (χ4v) is 3.36. The molecule has 0 atom stereocenters. The predicted molar refractivity (Wildman–Crippen MR) is 122 cm³/mol. The zero-order chi connectivity index (χ0) is 21.7. The summed E-state index contributed by atoms with van der Waals surface area (Å²) < 4.78 is 21.9. The van der Waals surface area contributed by atoms with Crippen molar-refractivity contribution in [3.8, 4) is 23.0 Å². The Balaban J connectivity index is 2.12. The minimum Gasteiger partial charge on any atom is -0.493 e. The molecule has 3 rings (SSSR count). The van der Waals surface area contributed by atoms with Crippen LogP contribution in [-0.2, 0) is 6.42 Å². The molecule has 0 fully saturated rings. The second kappa shape index (κ2) is 9.49. The smallest absolute Gasteiger partial charge is 0.170 e. The number of hydrogen-bond donors (Lipinski definition) is 2. The van der Waals surface area contributed by atoms with Crippen LogP contribution in [0.5, 0.6) is 23.0 Å². The summed E-state index contributed by atoms with van der Waals surface area (Å²) in [6, 6.07) is 9.64. The number of fused-ring (bicyclic) bond motifs is 1. The zero-order valence-electron chi connectivity index (χ0n) is 17.7. The number of benzene rings is 2. The SMILES string of the molecule is CNC(=S)Nc1cc(OC)c(OC)cc1Cc1nccc2cc(OC)c(OC)cc12. The summed E-state index contributed by atoms with van der Waals surface area (Å²) in [5, 5.41) is 8.63. The number of nitrogens with one attached hydrogen (secondary N) is 2. The van der Waals surface area contributed by atoms with Gasteiger partial charge in [0.1, 0.15) is 0 Å². The van der Waals surface area contributed by atoms with Gasteiger partial charge in [0.15, 0.2) is 28.1 Å². The van der Waals surface area contributed by atoms with Crippen LogP contribution in [0.1, 0.15) is 11.3 Å². The Labute approximate surface area is 181 Å². The lowest BCUT2D eigenvalue weighted by Gasteiger charge is -2.17. The van der Waals surface area contributed by atoms with Crippen molar-refractivity contribution in [2.24, 2.45) is 0 Å². The molecule has 0 spiro atoms. The maximum Gasteiger partial charge on any atom is 0.170 e. The Morgan fingerprint density at radius 3 is 2.13 bits per heavy atom. The highest BCUT2D eigenvalue weighted by Crippen LogP contribution is 2.37. The monoisotopic (exact) mass is 427 g/mol. The maximum atomic E-state index is 5.50. The molecular formula is C22H25N3O4S. The Bertz CT molecular complexity index is 1070. The van der Waals surface area contributed by atoms with Crippen LogP contribution in [0.2, 0.25) is 0 Å². The fourth-order valence-electron chi connectivity index (χ4n) is 3.25. The summed E-state index contributed by atoms with van der Waals surface area (Å²) in [7, 11) is 8.22. The second-order valence-corrected chi connectivity index (χ2v) is 6.84. The van der Waals surface area contributed by atoms with E-state index in [4.69, 9.17) is 31.2 Å². The number of rotatable bonds is 7. The van der Waals surface area contributed by atoms with Crippen molar-refractivity contribution in [1.29, 1.82) is 0 Å². The van der Waals surface area contributed by atoms with E-state index in [1.807, 2.05) is 30.3 Å². The number of pyridine rings is 1. The van der Waals surface area contributed by atoms with Gasteiger partial charge in [-0.25, -0.2) is 0 Å². The van der Waals surface area contributed by atoms with Gasteiger partial charge in [0, 0.05) is 36.8 Å². The number of methoxy groups -OCH3 is 4. The zero-order valence-corrected chi connectivity index (χ0v) is 18.5. The molecule has 1 heterocycles. The Hall–Kier alpha value is -3.26. The first kappa shape index (κ1) is 21.4. The molecule has 0 bridgehead atoms. The van der Waals surface area contributed by atoms with E-state index in [0.29, 0.717) is 34.5 Å². The summed E-state index contributed by atoms with van der Waals surface area (Å²) in [5.41, 5.74) is 2.66. The van der Waals surface area contributed by atoms with E-state index in [9.17, 15) is 0 Å². The van der Waals surface area contributed by atoms with Crippen LogP contribution in [-0.4, -0.2) is 45.6 Å². The van der Waals surface area contributed by atoms with E-state index in [0.717, 1.165) is 27.7 Å². The van der Waals surface area contributed by atoms with Crippen molar-refractivity contribution >= 4 is 33.8 Å². The van der Waals surface area contributed by atoms with Crippen LogP contribution in [0.3, 0.4) is 0 Å². The molecule has 158 valence electrons. The van der Waals surface area contributed by atoms with Gasteiger partial charge in [0.25, 0.3) is 0 Å². The van der Waals surface area contributed by atoms with Crippen molar-refractivity contribution in [2.75, 3.05) is 40.8 Å². The van der Waals surface area contributed by atoms with Crippen LogP contribution in [0, 0.1) is 0 Å². The van der Waals surface area contributed by atoms with Gasteiger partial charge in [-0.3, -0.25) is 4.98 Å². The average Bonchev–Trinajstić information content (AvgIpc) is 2.78. The summed E-state index contributed by atoms with van der Waals surface area (Å²) in [5.74, 6) is 2.57. The number of aromatic nitrogens is 1. The summed E-state index contributed by atoms with van der Waals surface area (Å²) in [6.45, 7) is 0. The molecule has 0 aliphatic rings. The molecule has 2 N–H and O–H groups in total.